The third-order valence-corrected chi connectivity index (χ3v) is 16.3. The predicted molar refractivity (Wildman–Crippen MR) is 329 cm³/mol. The van der Waals surface area contributed by atoms with Gasteiger partial charge in [-0.05, 0) is 51.4 Å². The first-order valence-electron chi connectivity index (χ1n) is 34.4. The van der Waals surface area contributed by atoms with E-state index >= 15 is 0 Å². The molecule has 0 fully saturated rings. The highest BCUT2D eigenvalue weighted by Crippen LogP contribution is 2.19. The number of unbranched alkanes of at least 4 members (excludes halogenated alkanes) is 52. The topological polar surface area (TPSA) is 95.9 Å². The Balaban J connectivity index is 3.41. The highest BCUT2D eigenvalue weighted by molar-refractivity contribution is 5.76. The zero-order chi connectivity index (χ0) is 54.3. The van der Waals surface area contributed by atoms with Gasteiger partial charge in [-0.2, -0.15) is 0 Å². The van der Waals surface area contributed by atoms with Gasteiger partial charge in [0.2, 0.25) is 5.91 Å². The van der Waals surface area contributed by atoms with E-state index in [0.717, 1.165) is 38.5 Å². The molecule has 446 valence electrons. The number of carbonyl (C=O) groups excluding carboxylic acids is 2. The molecule has 0 heterocycles. The first-order valence-corrected chi connectivity index (χ1v) is 34.4. The van der Waals surface area contributed by atoms with Gasteiger partial charge in [0.05, 0.1) is 25.4 Å². The molecule has 6 heteroatoms. The summed E-state index contributed by atoms with van der Waals surface area (Å²) in [5, 5.41) is 23.4. The van der Waals surface area contributed by atoms with Crippen molar-refractivity contribution in [1.29, 1.82) is 0 Å². The number of amides is 1. The fourth-order valence-corrected chi connectivity index (χ4v) is 11.1. The van der Waals surface area contributed by atoms with Crippen molar-refractivity contribution < 1.29 is 24.5 Å². The summed E-state index contributed by atoms with van der Waals surface area (Å²) in [5.41, 5.74) is 0. The number of esters is 1. The molecule has 3 N–H and O–H groups in total. The standard InChI is InChI=1S/C69H135NO5/c1-3-5-7-9-11-13-15-17-18-19-20-21-22-23-25-28-31-34-38-41-45-49-53-57-61-67(72)66(65-71)70-68(73)62-58-54-50-46-42-39-35-32-29-26-24-27-30-33-36-40-44-48-52-56-60-64-75-69(74)63-59-55-51-47-43-37-16-14-12-10-8-6-4-2/h26,29,66-67,71-72H,3-25,27-28,30-65H2,1-2H3,(H,70,73)/b29-26-. The Bertz CT molecular complexity index is 1130. The number of hydrogen-bond donors (Lipinski definition) is 3. The molecule has 0 rings (SSSR count). The highest BCUT2D eigenvalue weighted by atomic mass is 16.5. The van der Waals surface area contributed by atoms with Crippen LogP contribution in [0.2, 0.25) is 0 Å². The van der Waals surface area contributed by atoms with Crippen LogP contribution in [0.3, 0.4) is 0 Å². The van der Waals surface area contributed by atoms with E-state index in [1.54, 1.807) is 0 Å². The Kier molecular flexibility index (Phi) is 63.9. The van der Waals surface area contributed by atoms with Gasteiger partial charge in [0, 0.05) is 12.8 Å². The summed E-state index contributed by atoms with van der Waals surface area (Å²) in [7, 11) is 0. The number of ether oxygens (including phenoxy) is 1. The Hall–Kier alpha value is -1.40. The summed E-state index contributed by atoms with van der Waals surface area (Å²) >= 11 is 0. The summed E-state index contributed by atoms with van der Waals surface area (Å²) in [5.74, 6) is -0.0267. The smallest absolute Gasteiger partial charge is 0.305 e. The second-order valence-corrected chi connectivity index (χ2v) is 23.9. The van der Waals surface area contributed by atoms with Crippen molar-refractivity contribution in [3.05, 3.63) is 12.2 Å². The Morgan fingerprint density at radius 3 is 0.947 bits per heavy atom. The van der Waals surface area contributed by atoms with E-state index in [1.807, 2.05) is 0 Å². The van der Waals surface area contributed by atoms with E-state index in [9.17, 15) is 19.8 Å². The molecule has 0 saturated heterocycles. The predicted octanol–water partition coefficient (Wildman–Crippen LogP) is 22.0. The molecule has 0 aromatic heterocycles. The Labute approximate surface area is 469 Å². The average Bonchev–Trinajstić information content (AvgIpc) is 3.41. The van der Waals surface area contributed by atoms with E-state index in [0.29, 0.717) is 25.9 Å². The van der Waals surface area contributed by atoms with Gasteiger partial charge in [-0.25, -0.2) is 0 Å². The number of aliphatic hydroxyl groups is 2. The first-order chi connectivity index (χ1) is 37.0. The van der Waals surface area contributed by atoms with Crippen LogP contribution in [-0.4, -0.2) is 47.4 Å². The molecule has 0 saturated carbocycles. The third-order valence-electron chi connectivity index (χ3n) is 16.3. The molecule has 0 aromatic carbocycles. The van der Waals surface area contributed by atoms with E-state index < -0.39 is 12.1 Å². The van der Waals surface area contributed by atoms with Gasteiger partial charge < -0.3 is 20.3 Å². The average molecular weight is 1060 g/mol. The quantitative estimate of drug-likeness (QED) is 0.0320. The molecule has 2 atom stereocenters. The minimum absolute atomic E-state index is 0.0110. The van der Waals surface area contributed by atoms with Crippen LogP contribution in [0.5, 0.6) is 0 Å². The van der Waals surface area contributed by atoms with Crippen LogP contribution in [-0.2, 0) is 14.3 Å². The minimum atomic E-state index is -0.670. The van der Waals surface area contributed by atoms with Crippen LogP contribution >= 0.6 is 0 Å². The summed E-state index contributed by atoms with van der Waals surface area (Å²) in [4.78, 5) is 24.6. The number of allylic oxidation sites excluding steroid dienone is 2. The number of aliphatic hydroxyl groups excluding tert-OH is 2. The van der Waals surface area contributed by atoms with Gasteiger partial charge in [0.1, 0.15) is 0 Å². The van der Waals surface area contributed by atoms with Crippen LogP contribution in [0.15, 0.2) is 12.2 Å². The molecule has 0 aromatic rings. The van der Waals surface area contributed by atoms with Gasteiger partial charge in [-0.15, -0.1) is 0 Å². The lowest BCUT2D eigenvalue weighted by Crippen LogP contribution is -2.45. The third kappa shape index (κ3) is 61.7. The van der Waals surface area contributed by atoms with E-state index in [1.165, 1.54) is 321 Å². The van der Waals surface area contributed by atoms with Crippen LogP contribution in [0.25, 0.3) is 0 Å². The Morgan fingerprint density at radius 2 is 0.627 bits per heavy atom. The summed E-state index contributed by atoms with van der Waals surface area (Å²) in [6.45, 7) is 4.99. The lowest BCUT2D eigenvalue weighted by molar-refractivity contribution is -0.143. The van der Waals surface area contributed by atoms with Crippen LogP contribution in [0.1, 0.15) is 393 Å². The fourth-order valence-electron chi connectivity index (χ4n) is 11.1. The molecule has 0 spiro atoms. The molecular formula is C69H135NO5. The highest BCUT2D eigenvalue weighted by Gasteiger charge is 2.20. The number of hydrogen-bond acceptors (Lipinski definition) is 5. The van der Waals surface area contributed by atoms with Crippen molar-refractivity contribution >= 4 is 11.9 Å². The van der Waals surface area contributed by atoms with Crippen molar-refractivity contribution in [2.45, 2.75) is 405 Å². The molecule has 0 aliphatic heterocycles. The largest absolute Gasteiger partial charge is 0.466 e. The second kappa shape index (κ2) is 65.1. The minimum Gasteiger partial charge on any atom is -0.466 e. The molecule has 0 aliphatic rings. The molecule has 1 amide bonds. The molecule has 75 heavy (non-hydrogen) atoms. The maximum absolute atomic E-state index is 12.5. The van der Waals surface area contributed by atoms with Gasteiger partial charge in [0.15, 0.2) is 0 Å². The SMILES string of the molecule is CCCCCCCCCCCCCCCCCCCCCCCCCCC(O)C(CO)NC(=O)CCCCCCCCC/C=C\CCCCCCCCCCCCOC(=O)CCCCCCCCCCCCCCC. The van der Waals surface area contributed by atoms with Crippen molar-refractivity contribution in [2.75, 3.05) is 13.2 Å². The zero-order valence-electron chi connectivity index (χ0n) is 51.1. The Morgan fingerprint density at radius 1 is 0.360 bits per heavy atom. The molecule has 6 nitrogen and oxygen atoms in total. The molecule has 0 bridgehead atoms. The van der Waals surface area contributed by atoms with Crippen molar-refractivity contribution in [3.8, 4) is 0 Å². The second-order valence-electron chi connectivity index (χ2n) is 23.9. The molecular weight excluding hydrogens is 923 g/mol. The maximum Gasteiger partial charge on any atom is 0.305 e. The van der Waals surface area contributed by atoms with Crippen molar-refractivity contribution in [1.82, 2.24) is 5.32 Å². The monoisotopic (exact) mass is 1060 g/mol. The number of carbonyl (C=O) groups is 2. The van der Waals surface area contributed by atoms with E-state index in [-0.39, 0.29) is 18.5 Å². The summed E-state index contributed by atoms with van der Waals surface area (Å²) in [6, 6.07) is -0.548. The lowest BCUT2D eigenvalue weighted by atomic mass is 10.0. The zero-order valence-corrected chi connectivity index (χ0v) is 51.1. The van der Waals surface area contributed by atoms with Gasteiger partial charge in [-0.1, -0.05) is 341 Å². The maximum atomic E-state index is 12.5. The lowest BCUT2D eigenvalue weighted by Gasteiger charge is -2.22. The van der Waals surface area contributed by atoms with Crippen LogP contribution in [0, 0.1) is 0 Å². The van der Waals surface area contributed by atoms with Crippen molar-refractivity contribution in [3.63, 3.8) is 0 Å². The van der Waals surface area contributed by atoms with Gasteiger partial charge in [-0.3, -0.25) is 9.59 Å². The molecule has 0 radical (unpaired) electrons. The van der Waals surface area contributed by atoms with E-state index in [2.05, 4.69) is 31.3 Å². The van der Waals surface area contributed by atoms with Crippen LogP contribution < -0.4 is 5.32 Å². The van der Waals surface area contributed by atoms with Crippen LogP contribution in [0.4, 0.5) is 0 Å². The fraction of sp³-hybridized carbons (Fsp3) is 0.942. The number of rotatable bonds is 65. The molecule has 0 aliphatic carbocycles. The normalized spacial score (nSPS) is 12.5. The van der Waals surface area contributed by atoms with Gasteiger partial charge in [0.25, 0.3) is 0 Å². The molecule has 2 unspecified atom stereocenters. The first kappa shape index (κ1) is 73.6. The number of nitrogens with one attached hydrogen (secondary N) is 1. The summed E-state index contributed by atoms with van der Waals surface area (Å²) in [6.07, 6.45) is 79.6. The van der Waals surface area contributed by atoms with Crippen molar-refractivity contribution in [2.24, 2.45) is 0 Å². The van der Waals surface area contributed by atoms with Gasteiger partial charge >= 0.3 is 5.97 Å². The van der Waals surface area contributed by atoms with E-state index in [4.69, 9.17) is 4.74 Å². The summed E-state index contributed by atoms with van der Waals surface area (Å²) < 4.78 is 5.48.